The molecular formula is C12H22NO4P. The van der Waals surface area contributed by atoms with Gasteiger partial charge in [-0.15, -0.1) is 0 Å². The number of furan rings is 1. The summed E-state index contributed by atoms with van der Waals surface area (Å²) < 4.78 is 27.9. The van der Waals surface area contributed by atoms with Crippen LogP contribution in [0.1, 0.15) is 25.4 Å². The maximum atomic E-state index is 12.1. The standard InChI is InChI=1S/C12H22NO4P/c1-4-15-18(14,16-5-2)9-8-13-10-12-7-6-11(3)17-12/h6-7,13H,4-5,8-10H2,1-3H3. The first kappa shape index (κ1) is 15.4. The predicted molar refractivity (Wildman–Crippen MR) is 70.9 cm³/mol. The van der Waals surface area contributed by atoms with Gasteiger partial charge in [0.1, 0.15) is 11.5 Å². The highest BCUT2D eigenvalue weighted by atomic mass is 31.2. The molecule has 0 amide bonds. The van der Waals surface area contributed by atoms with E-state index in [1.54, 1.807) is 0 Å². The van der Waals surface area contributed by atoms with Crippen LogP contribution in [0.2, 0.25) is 0 Å². The minimum Gasteiger partial charge on any atom is -0.465 e. The van der Waals surface area contributed by atoms with Gasteiger partial charge >= 0.3 is 7.60 Å². The lowest BCUT2D eigenvalue weighted by molar-refractivity contribution is 0.220. The number of hydrogen-bond acceptors (Lipinski definition) is 5. The Hall–Kier alpha value is -0.610. The molecule has 0 unspecified atom stereocenters. The molecule has 0 aliphatic rings. The monoisotopic (exact) mass is 275 g/mol. The zero-order valence-electron chi connectivity index (χ0n) is 11.3. The van der Waals surface area contributed by atoms with E-state index < -0.39 is 7.60 Å². The molecule has 0 aromatic carbocycles. The van der Waals surface area contributed by atoms with Crippen LogP contribution in [-0.2, 0) is 20.2 Å². The molecule has 0 atom stereocenters. The largest absolute Gasteiger partial charge is 0.465 e. The average molecular weight is 275 g/mol. The normalized spacial score (nSPS) is 11.9. The van der Waals surface area contributed by atoms with Crippen molar-refractivity contribution in [2.75, 3.05) is 25.9 Å². The zero-order chi connectivity index (χ0) is 13.4. The van der Waals surface area contributed by atoms with E-state index in [-0.39, 0.29) is 0 Å². The lowest BCUT2D eigenvalue weighted by Gasteiger charge is -2.16. The molecule has 1 N–H and O–H groups in total. The summed E-state index contributed by atoms with van der Waals surface area (Å²) in [4.78, 5) is 0. The quantitative estimate of drug-likeness (QED) is 0.554. The molecule has 0 aliphatic heterocycles. The average Bonchev–Trinajstić information content (AvgIpc) is 2.71. The van der Waals surface area contributed by atoms with Crippen molar-refractivity contribution in [2.24, 2.45) is 0 Å². The number of hydrogen-bond donors (Lipinski definition) is 1. The maximum absolute atomic E-state index is 12.1. The molecule has 0 spiro atoms. The van der Waals surface area contributed by atoms with E-state index >= 15 is 0 Å². The zero-order valence-corrected chi connectivity index (χ0v) is 12.2. The van der Waals surface area contributed by atoms with Crippen molar-refractivity contribution in [3.05, 3.63) is 23.7 Å². The second kappa shape index (κ2) is 7.74. The van der Waals surface area contributed by atoms with Crippen LogP contribution in [0.3, 0.4) is 0 Å². The molecule has 6 heteroatoms. The van der Waals surface area contributed by atoms with E-state index in [1.807, 2.05) is 32.9 Å². The van der Waals surface area contributed by atoms with Crippen molar-refractivity contribution >= 4 is 7.60 Å². The van der Waals surface area contributed by atoms with Crippen molar-refractivity contribution in [2.45, 2.75) is 27.3 Å². The number of rotatable bonds is 9. The van der Waals surface area contributed by atoms with E-state index in [0.29, 0.717) is 32.5 Å². The van der Waals surface area contributed by atoms with Crippen LogP contribution in [0.4, 0.5) is 0 Å². The van der Waals surface area contributed by atoms with E-state index in [4.69, 9.17) is 13.5 Å². The molecule has 0 saturated carbocycles. The molecule has 1 aromatic heterocycles. The molecule has 0 radical (unpaired) electrons. The third-order valence-electron chi connectivity index (χ3n) is 2.31. The molecule has 1 aromatic rings. The maximum Gasteiger partial charge on any atom is 0.331 e. The molecular weight excluding hydrogens is 253 g/mol. The van der Waals surface area contributed by atoms with E-state index in [0.717, 1.165) is 11.5 Å². The topological polar surface area (TPSA) is 60.7 Å². The van der Waals surface area contributed by atoms with Gasteiger partial charge in [-0.3, -0.25) is 4.57 Å². The molecule has 0 fully saturated rings. The summed E-state index contributed by atoms with van der Waals surface area (Å²) in [7, 11) is -2.93. The van der Waals surface area contributed by atoms with Crippen LogP contribution in [0, 0.1) is 6.92 Å². The first-order chi connectivity index (χ1) is 8.59. The summed E-state index contributed by atoms with van der Waals surface area (Å²) in [5, 5.41) is 3.16. The van der Waals surface area contributed by atoms with E-state index in [1.165, 1.54) is 0 Å². The van der Waals surface area contributed by atoms with Crippen molar-refractivity contribution in [1.29, 1.82) is 0 Å². The minimum atomic E-state index is -2.93. The Balaban J connectivity index is 2.28. The second-order valence-electron chi connectivity index (χ2n) is 3.86. The van der Waals surface area contributed by atoms with Crippen molar-refractivity contribution in [3.63, 3.8) is 0 Å². The highest BCUT2D eigenvalue weighted by Gasteiger charge is 2.22. The molecule has 0 saturated heterocycles. The summed E-state index contributed by atoms with van der Waals surface area (Å²) in [6, 6.07) is 3.84. The Bertz CT molecular complexity index is 381. The van der Waals surface area contributed by atoms with Crippen molar-refractivity contribution in [1.82, 2.24) is 5.32 Å². The number of aryl methyl sites for hydroxylation is 1. The lowest BCUT2D eigenvalue weighted by atomic mass is 10.4. The fraction of sp³-hybridized carbons (Fsp3) is 0.667. The Morgan fingerprint density at radius 2 is 1.94 bits per heavy atom. The van der Waals surface area contributed by atoms with E-state index in [9.17, 15) is 4.57 Å². The van der Waals surface area contributed by atoms with Crippen LogP contribution in [0.15, 0.2) is 16.5 Å². The van der Waals surface area contributed by atoms with Crippen LogP contribution < -0.4 is 5.32 Å². The molecule has 104 valence electrons. The third-order valence-corrected chi connectivity index (χ3v) is 4.38. The SMILES string of the molecule is CCOP(=O)(CCNCc1ccc(C)o1)OCC. The Labute approximate surface area is 108 Å². The summed E-state index contributed by atoms with van der Waals surface area (Å²) in [6.45, 7) is 7.50. The first-order valence-electron chi connectivity index (χ1n) is 6.24. The van der Waals surface area contributed by atoms with Crippen molar-refractivity contribution in [3.8, 4) is 0 Å². The van der Waals surface area contributed by atoms with Gasteiger partial charge in [0.05, 0.1) is 25.9 Å². The Kier molecular flexibility index (Phi) is 6.65. The van der Waals surface area contributed by atoms with Gasteiger partial charge in [-0.2, -0.15) is 0 Å². The third kappa shape index (κ3) is 5.36. The molecule has 18 heavy (non-hydrogen) atoms. The summed E-state index contributed by atoms with van der Waals surface area (Å²) in [6.07, 6.45) is 0.369. The lowest BCUT2D eigenvalue weighted by Crippen LogP contribution is -2.18. The fourth-order valence-electron chi connectivity index (χ4n) is 1.57. The summed E-state index contributed by atoms with van der Waals surface area (Å²) in [5.41, 5.74) is 0. The highest BCUT2D eigenvalue weighted by molar-refractivity contribution is 7.53. The van der Waals surface area contributed by atoms with Crippen molar-refractivity contribution < 1.29 is 18.0 Å². The van der Waals surface area contributed by atoms with Crippen LogP contribution in [0.5, 0.6) is 0 Å². The minimum absolute atomic E-state index is 0.369. The summed E-state index contributed by atoms with van der Waals surface area (Å²) in [5.74, 6) is 1.76. The molecule has 0 bridgehead atoms. The van der Waals surface area contributed by atoms with Crippen LogP contribution in [-0.4, -0.2) is 25.9 Å². The predicted octanol–water partition coefficient (Wildman–Crippen LogP) is 2.94. The Morgan fingerprint density at radius 1 is 1.28 bits per heavy atom. The highest BCUT2D eigenvalue weighted by Crippen LogP contribution is 2.47. The Morgan fingerprint density at radius 3 is 2.44 bits per heavy atom. The fourth-order valence-corrected chi connectivity index (χ4v) is 3.12. The molecule has 1 heterocycles. The summed E-state index contributed by atoms with van der Waals surface area (Å²) >= 11 is 0. The van der Waals surface area contributed by atoms with Gasteiger partial charge in [-0.1, -0.05) is 0 Å². The van der Waals surface area contributed by atoms with Gasteiger partial charge in [-0.05, 0) is 32.9 Å². The smallest absolute Gasteiger partial charge is 0.331 e. The molecule has 1 rings (SSSR count). The van der Waals surface area contributed by atoms with Gasteiger partial charge < -0.3 is 18.8 Å². The van der Waals surface area contributed by atoms with Gasteiger partial charge in [0, 0.05) is 6.54 Å². The first-order valence-corrected chi connectivity index (χ1v) is 7.96. The van der Waals surface area contributed by atoms with Gasteiger partial charge in [0.15, 0.2) is 0 Å². The molecule has 0 aliphatic carbocycles. The van der Waals surface area contributed by atoms with Crippen LogP contribution >= 0.6 is 7.60 Å². The second-order valence-corrected chi connectivity index (χ2v) is 6.04. The molecule has 5 nitrogen and oxygen atoms in total. The van der Waals surface area contributed by atoms with Crippen LogP contribution in [0.25, 0.3) is 0 Å². The van der Waals surface area contributed by atoms with Gasteiger partial charge in [-0.25, -0.2) is 0 Å². The van der Waals surface area contributed by atoms with Gasteiger partial charge in [0.25, 0.3) is 0 Å². The number of nitrogens with one attached hydrogen (secondary N) is 1. The van der Waals surface area contributed by atoms with E-state index in [2.05, 4.69) is 5.32 Å². The van der Waals surface area contributed by atoms with Gasteiger partial charge in [0.2, 0.25) is 0 Å².